The standard InChI is InChI=1S/C22H30O4/c1-13-7-8-17-20(2,3)9-6-10-22(17)21(13,4)12-14-18(24)16(25-5)11-15(23)19(14)26-22/h11,13,17H,6-10,12H2,1-5H3/t13-,17+,21+,22-/m1/s1. The number of hydrogen-bond acceptors (Lipinski definition) is 4. The molecule has 0 saturated heterocycles. The third-order valence-electron chi connectivity index (χ3n) is 8.12. The lowest BCUT2D eigenvalue weighted by atomic mass is 9.44. The molecular formula is C22H30O4. The van der Waals surface area contributed by atoms with Crippen LogP contribution < -0.4 is 0 Å². The van der Waals surface area contributed by atoms with Gasteiger partial charge in [-0.15, -0.1) is 0 Å². The molecule has 1 heterocycles. The van der Waals surface area contributed by atoms with Gasteiger partial charge in [0.1, 0.15) is 5.60 Å². The van der Waals surface area contributed by atoms with Crippen molar-refractivity contribution in [3.8, 4) is 0 Å². The first-order valence-corrected chi connectivity index (χ1v) is 9.93. The number of allylic oxidation sites excluding steroid dienone is 2. The van der Waals surface area contributed by atoms with Crippen LogP contribution in [0.1, 0.15) is 66.2 Å². The van der Waals surface area contributed by atoms with E-state index in [0.717, 1.165) is 25.7 Å². The van der Waals surface area contributed by atoms with Crippen molar-refractivity contribution in [1.29, 1.82) is 0 Å². The molecule has 142 valence electrons. The second-order valence-corrected chi connectivity index (χ2v) is 9.67. The molecule has 1 spiro atoms. The molecule has 0 N–H and O–H groups in total. The Balaban J connectivity index is 1.87. The minimum Gasteiger partial charge on any atom is -0.493 e. The van der Waals surface area contributed by atoms with Crippen LogP contribution in [0, 0.1) is 22.7 Å². The van der Waals surface area contributed by atoms with E-state index in [1.165, 1.54) is 19.6 Å². The van der Waals surface area contributed by atoms with Gasteiger partial charge in [0, 0.05) is 17.4 Å². The third kappa shape index (κ3) is 2.07. The van der Waals surface area contributed by atoms with Crippen molar-refractivity contribution < 1.29 is 19.1 Å². The first-order valence-electron chi connectivity index (χ1n) is 9.93. The molecular weight excluding hydrogens is 328 g/mol. The average Bonchev–Trinajstić information content (AvgIpc) is 2.58. The topological polar surface area (TPSA) is 52.6 Å². The van der Waals surface area contributed by atoms with E-state index in [1.54, 1.807) is 0 Å². The summed E-state index contributed by atoms with van der Waals surface area (Å²) in [5, 5.41) is 0. The van der Waals surface area contributed by atoms with E-state index in [2.05, 4.69) is 27.7 Å². The van der Waals surface area contributed by atoms with Gasteiger partial charge in [0.25, 0.3) is 0 Å². The van der Waals surface area contributed by atoms with Gasteiger partial charge < -0.3 is 9.47 Å². The highest BCUT2D eigenvalue weighted by Crippen LogP contribution is 2.67. The summed E-state index contributed by atoms with van der Waals surface area (Å²) in [4.78, 5) is 25.6. The number of ketones is 2. The number of carbonyl (C=O) groups excluding carboxylic acids is 2. The van der Waals surface area contributed by atoms with Crippen LogP contribution in [0.2, 0.25) is 0 Å². The van der Waals surface area contributed by atoms with E-state index in [9.17, 15) is 9.59 Å². The van der Waals surface area contributed by atoms with Crippen LogP contribution in [0.3, 0.4) is 0 Å². The maximum absolute atomic E-state index is 12.9. The van der Waals surface area contributed by atoms with Crippen molar-refractivity contribution in [1.82, 2.24) is 0 Å². The van der Waals surface area contributed by atoms with Crippen LogP contribution in [-0.2, 0) is 19.1 Å². The molecule has 3 aliphatic carbocycles. The molecule has 0 aromatic heterocycles. The van der Waals surface area contributed by atoms with Crippen LogP contribution in [0.25, 0.3) is 0 Å². The summed E-state index contributed by atoms with van der Waals surface area (Å²) < 4.78 is 11.8. The van der Waals surface area contributed by atoms with Gasteiger partial charge in [0.2, 0.25) is 11.6 Å². The average molecular weight is 358 g/mol. The highest BCUT2D eigenvalue weighted by Gasteiger charge is 2.67. The molecule has 4 aliphatic rings. The normalized spacial score (nSPS) is 41.5. The zero-order valence-corrected chi connectivity index (χ0v) is 16.6. The van der Waals surface area contributed by atoms with E-state index in [4.69, 9.17) is 9.47 Å². The maximum Gasteiger partial charge on any atom is 0.227 e. The quantitative estimate of drug-likeness (QED) is 0.654. The van der Waals surface area contributed by atoms with Crippen molar-refractivity contribution in [2.45, 2.75) is 71.8 Å². The molecule has 4 atom stereocenters. The molecule has 0 radical (unpaired) electrons. The lowest BCUT2D eigenvalue weighted by Crippen LogP contribution is -2.66. The molecule has 1 aliphatic heterocycles. The van der Waals surface area contributed by atoms with Gasteiger partial charge in [-0.25, -0.2) is 0 Å². The Hall–Kier alpha value is -1.58. The van der Waals surface area contributed by atoms with E-state index in [-0.39, 0.29) is 33.8 Å². The van der Waals surface area contributed by atoms with E-state index >= 15 is 0 Å². The maximum atomic E-state index is 12.9. The van der Waals surface area contributed by atoms with Crippen molar-refractivity contribution in [3.05, 3.63) is 23.2 Å². The Labute approximate surface area is 156 Å². The highest BCUT2D eigenvalue weighted by atomic mass is 16.5. The second-order valence-electron chi connectivity index (χ2n) is 9.67. The molecule has 0 aromatic rings. The van der Waals surface area contributed by atoms with Crippen molar-refractivity contribution >= 4 is 11.6 Å². The van der Waals surface area contributed by atoms with Crippen LogP contribution in [0.15, 0.2) is 23.2 Å². The van der Waals surface area contributed by atoms with Gasteiger partial charge in [0.05, 0.1) is 12.7 Å². The largest absolute Gasteiger partial charge is 0.493 e. The molecule has 0 bridgehead atoms. The fourth-order valence-corrected chi connectivity index (χ4v) is 6.43. The Morgan fingerprint density at radius 2 is 1.88 bits per heavy atom. The summed E-state index contributed by atoms with van der Waals surface area (Å²) in [6.07, 6.45) is 7.47. The molecule has 4 heteroatoms. The Morgan fingerprint density at radius 1 is 1.15 bits per heavy atom. The van der Waals surface area contributed by atoms with Crippen LogP contribution >= 0.6 is 0 Å². The molecule has 4 nitrogen and oxygen atoms in total. The monoisotopic (exact) mass is 358 g/mol. The lowest BCUT2D eigenvalue weighted by Gasteiger charge is -2.66. The molecule has 2 fully saturated rings. The van der Waals surface area contributed by atoms with Gasteiger partial charge in [-0.2, -0.15) is 0 Å². The van der Waals surface area contributed by atoms with Gasteiger partial charge >= 0.3 is 0 Å². The predicted molar refractivity (Wildman–Crippen MR) is 98.2 cm³/mol. The lowest BCUT2D eigenvalue weighted by molar-refractivity contribution is -0.237. The van der Waals surface area contributed by atoms with E-state index in [1.807, 2.05) is 0 Å². The number of hydrogen-bond donors (Lipinski definition) is 0. The fraction of sp³-hybridized carbons (Fsp3) is 0.727. The Bertz CT molecular complexity index is 743. The van der Waals surface area contributed by atoms with Gasteiger partial charge in [-0.05, 0) is 49.9 Å². The smallest absolute Gasteiger partial charge is 0.227 e. The highest BCUT2D eigenvalue weighted by molar-refractivity contribution is 6.21. The number of carbonyl (C=O) groups is 2. The number of rotatable bonds is 1. The third-order valence-corrected chi connectivity index (χ3v) is 8.12. The summed E-state index contributed by atoms with van der Waals surface area (Å²) >= 11 is 0. The fourth-order valence-electron chi connectivity index (χ4n) is 6.43. The number of methoxy groups -OCH3 is 1. The van der Waals surface area contributed by atoms with Crippen LogP contribution in [0.4, 0.5) is 0 Å². The zero-order valence-electron chi connectivity index (χ0n) is 16.6. The molecule has 2 saturated carbocycles. The van der Waals surface area contributed by atoms with Crippen molar-refractivity contribution in [2.24, 2.45) is 22.7 Å². The van der Waals surface area contributed by atoms with Crippen LogP contribution in [-0.4, -0.2) is 24.3 Å². The molecule has 0 amide bonds. The Kier molecular flexibility index (Phi) is 3.74. The molecule has 0 aromatic carbocycles. The molecule has 0 unspecified atom stereocenters. The first-order chi connectivity index (χ1) is 12.2. The minimum absolute atomic E-state index is 0.140. The van der Waals surface area contributed by atoms with Crippen molar-refractivity contribution in [2.75, 3.05) is 7.11 Å². The van der Waals surface area contributed by atoms with E-state index in [0.29, 0.717) is 29.6 Å². The summed E-state index contributed by atoms with van der Waals surface area (Å²) in [7, 11) is 1.44. The van der Waals surface area contributed by atoms with Gasteiger partial charge in [-0.3, -0.25) is 9.59 Å². The number of Topliss-reactive ketones (excluding diaryl/α,β-unsaturated/α-hetero) is 1. The van der Waals surface area contributed by atoms with Gasteiger partial charge in [-0.1, -0.05) is 27.7 Å². The number of ether oxygens (including phenoxy) is 2. The molecule has 26 heavy (non-hydrogen) atoms. The summed E-state index contributed by atoms with van der Waals surface area (Å²) in [5.74, 6) is 0.901. The summed E-state index contributed by atoms with van der Waals surface area (Å²) in [5.41, 5.74) is 0.226. The minimum atomic E-state index is -0.348. The van der Waals surface area contributed by atoms with Crippen LogP contribution in [0.5, 0.6) is 0 Å². The van der Waals surface area contributed by atoms with Crippen molar-refractivity contribution in [3.63, 3.8) is 0 Å². The molecule has 4 rings (SSSR count). The van der Waals surface area contributed by atoms with E-state index < -0.39 is 0 Å². The Morgan fingerprint density at radius 3 is 2.58 bits per heavy atom. The zero-order chi connectivity index (χ0) is 18.9. The van der Waals surface area contributed by atoms with Gasteiger partial charge in [0.15, 0.2) is 11.5 Å². The summed E-state index contributed by atoms with van der Waals surface area (Å²) in [6, 6.07) is 0. The first kappa shape index (κ1) is 17.8. The second kappa shape index (κ2) is 5.46. The predicted octanol–water partition coefficient (Wildman–Crippen LogP) is 4.34. The SMILES string of the molecule is COC1=CC(=O)C2=C(C[C@@]3(C)[C@H](C)CC[C@H]4C(C)(C)CCC[C@@]43O2)C1=O. The summed E-state index contributed by atoms with van der Waals surface area (Å²) in [6.45, 7) is 9.27.